The summed E-state index contributed by atoms with van der Waals surface area (Å²) in [5.74, 6) is 0. The third-order valence-corrected chi connectivity index (χ3v) is 4.16. The van der Waals surface area contributed by atoms with Gasteiger partial charge in [-0.3, -0.25) is 0 Å². The Bertz CT molecular complexity index is 133. The van der Waals surface area contributed by atoms with Crippen molar-refractivity contribution >= 4 is 0 Å². The van der Waals surface area contributed by atoms with Crippen molar-refractivity contribution in [1.82, 2.24) is 49.6 Å². The van der Waals surface area contributed by atoms with E-state index in [0.29, 0.717) is 0 Å². The number of hydrogen-bond acceptors (Lipinski definition) is 9. The van der Waals surface area contributed by atoms with Crippen LogP contribution in [0.4, 0.5) is 0 Å². The van der Waals surface area contributed by atoms with E-state index in [2.05, 4.69) is 49.6 Å². The van der Waals surface area contributed by atoms with E-state index in [1.54, 1.807) is 0 Å². The molecule has 0 saturated carbocycles. The zero-order chi connectivity index (χ0) is 17.0. The fraction of sp³-hybridized carbons (Fsp3) is 1.00. The van der Waals surface area contributed by atoms with E-state index in [0.717, 1.165) is 13.1 Å². The SMILES string of the molecule is C1CCCCCCCNNNNNNNNNCCCCCCC1. The Morgan fingerprint density at radius 3 is 0.833 bits per heavy atom. The van der Waals surface area contributed by atoms with Crippen LogP contribution < -0.4 is 49.6 Å². The van der Waals surface area contributed by atoms with Gasteiger partial charge in [-0.05, 0) is 12.8 Å². The normalized spacial score (nSPS) is 24.0. The van der Waals surface area contributed by atoms with Gasteiger partial charge in [0.2, 0.25) is 0 Å². The van der Waals surface area contributed by atoms with Crippen molar-refractivity contribution in [3.8, 4) is 0 Å². The van der Waals surface area contributed by atoms with Gasteiger partial charge < -0.3 is 0 Å². The molecule has 0 radical (unpaired) electrons. The maximum absolute atomic E-state index is 3.10. The van der Waals surface area contributed by atoms with Gasteiger partial charge in [0.25, 0.3) is 0 Å². The summed E-state index contributed by atoms with van der Waals surface area (Å²) in [5, 5.41) is 0. The molecule has 9 N–H and O–H groups in total. The fourth-order valence-corrected chi connectivity index (χ4v) is 2.74. The topological polar surface area (TPSA) is 108 Å². The van der Waals surface area contributed by atoms with Crippen LogP contribution in [0.25, 0.3) is 0 Å². The van der Waals surface area contributed by atoms with Crippen molar-refractivity contribution in [2.24, 2.45) is 0 Å². The van der Waals surface area contributed by atoms with Gasteiger partial charge >= 0.3 is 0 Å². The maximum Gasteiger partial charge on any atom is 0.0113 e. The lowest BCUT2D eigenvalue weighted by Gasteiger charge is -2.13. The summed E-state index contributed by atoms with van der Waals surface area (Å²) in [7, 11) is 0. The predicted octanol–water partition coefficient (Wildman–Crippen LogP) is 0.698. The van der Waals surface area contributed by atoms with E-state index in [9.17, 15) is 0 Å². The zero-order valence-corrected chi connectivity index (χ0v) is 15.1. The Hall–Kier alpha value is -0.360. The minimum atomic E-state index is 0.950. The largest absolute Gasteiger partial charge is 0.243 e. The van der Waals surface area contributed by atoms with Gasteiger partial charge in [-0.25, -0.2) is 10.9 Å². The quantitative estimate of drug-likeness (QED) is 0.313. The average Bonchev–Trinajstić information content (AvgIpc) is 2.59. The van der Waals surface area contributed by atoms with E-state index >= 15 is 0 Å². The van der Waals surface area contributed by atoms with Crippen molar-refractivity contribution in [3.05, 3.63) is 0 Å². The molecule has 0 atom stereocenters. The summed E-state index contributed by atoms with van der Waals surface area (Å²) >= 11 is 0. The first-order chi connectivity index (χ1) is 12.0. The van der Waals surface area contributed by atoms with E-state index in [1.165, 1.54) is 83.5 Å². The van der Waals surface area contributed by atoms with E-state index in [-0.39, 0.29) is 0 Å². The lowest BCUT2D eigenvalue weighted by atomic mass is 10.0. The molecule has 0 aromatic heterocycles. The third-order valence-electron chi connectivity index (χ3n) is 4.16. The Balaban J connectivity index is 2.00. The van der Waals surface area contributed by atoms with Crippen LogP contribution in [0.3, 0.4) is 0 Å². The second-order valence-corrected chi connectivity index (χ2v) is 6.32. The van der Waals surface area contributed by atoms with Gasteiger partial charge in [0.15, 0.2) is 0 Å². The second kappa shape index (κ2) is 19.0. The molecule has 1 heterocycles. The number of hydrazine groups is 8. The van der Waals surface area contributed by atoms with Gasteiger partial charge in [-0.15, -0.1) is 0 Å². The first-order valence-corrected chi connectivity index (χ1v) is 9.71. The van der Waals surface area contributed by atoms with Gasteiger partial charge in [-0.2, -0.15) is 38.7 Å². The summed E-state index contributed by atoms with van der Waals surface area (Å²) in [4.78, 5) is 0. The first-order valence-electron chi connectivity index (χ1n) is 9.71. The fourth-order valence-electron chi connectivity index (χ4n) is 2.74. The smallest absolute Gasteiger partial charge is 0.0113 e. The van der Waals surface area contributed by atoms with Crippen LogP contribution in [0.5, 0.6) is 0 Å². The highest BCUT2D eigenvalue weighted by Gasteiger charge is 1.95. The molecule has 0 aliphatic carbocycles. The Morgan fingerprint density at radius 1 is 0.250 bits per heavy atom. The van der Waals surface area contributed by atoms with Crippen LogP contribution in [-0.4, -0.2) is 13.1 Å². The molecule has 1 aliphatic heterocycles. The molecule has 0 bridgehead atoms. The Morgan fingerprint density at radius 2 is 0.500 bits per heavy atom. The molecule has 1 saturated heterocycles. The summed E-state index contributed by atoms with van der Waals surface area (Å²) in [6, 6.07) is 0. The molecule has 1 fully saturated rings. The standard InChI is InChI=1S/C15H39N9/c1-2-4-6-8-10-12-14-16-18-20-22-24-23-21-19-17-15-13-11-9-7-5-3-1/h16-24H,1-15H2. The molecule has 1 aliphatic rings. The molecular weight excluding hydrogens is 306 g/mol. The molecular formula is C15H39N9. The summed E-state index contributed by atoms with van der Waals surface area (Å²) in [6.07, 6.45) is 17.5. The monoisotopic (exact) mass is 345 g/mol. The van der Waals surface area contributed by atoms with Gasteiger partial charge in [0.05, 0.1) is 0 Å². The molecule has 9 heteroatoms. The molecule has 0 spiro atoms. The van der Waals surface area contributed by atoms with E-state index in [4.69, 9.17) is 0 Å². The van der Waals surface area contributed by atoms with Crippen molar-refractivity contribution in [3.63, 3.8) is 0 Å². The molecule has 144 valence electrons. The number of nitrogens with one attached hydrogen (secondary N) is 9. The van der Waals surface area contributed by atoms with E-state index in [1.807, 2.05) is 0 Å². The molecule has 0 unspecified atom stereocenters. The van der Waals surface area contributed by atoms with Crippen molar-refractivity contribution < 1.29 is 0 Å². The van der Waals surface area contributed by atoms with Crippen LogP contribution in [0, 0.1) is 0 Å². The average molecular weight is 346 g/mol. The minimum absolute atomic E-state index is 0.950. The minimum Gasteiger partial charge on any atom is -0.243 e. The maximum atomic E-state index is 3.10. The van der Waals surface area contributed by atoms with Crippen LogP contribution in [0.1, 0.15) is 83.5 Å². The van der Waals surface area contributed by atoms with E-state index < -0.39 is 0 Å². The summed E-state index contributed by atoms with van der Waals surface area (Å²) in [6.45, 7) is 1.90. The Labute approximate surface area is 147 Å². The number of hydrogen-bond donors (Lipinski definition) is 9. The lowest BCUT2D eigenvalue weighted by Crippen LogP contribution is -2.64. The summed E-state index contributed by atoms with van der Waals surface area (Å²) < 4.78 is 0. The predicted molar refractivity (Wildman–Crippen MR) is 98.0 cm³/mol. The zero-order valence-electron chi connectivity index (χ0n) is 15.1. The van der Waals surface area contributed by atoms with Gasteiger partial charge in [0.1, 0.15) is 0 Å². The van der Waals surface area contributed by atoms with Crippen LogP contribution in [0.15, 0.2) is 0 Å². The Kier molecular flexibility index (Phi) is 17.1. The molecule has 24 heavy (non-hydrogen) atoms. The van der Waals surface area contributed by atoms with Crippen LogP contribution in [-0.2, 0) is 0 Å². The molecule has 0 aromatic rings. The highest BCUT2D eigenvalue weighted by molar-refractivity contribution is 4.50. The molecule has 0 amide bonds. The van der Waals surface area contributed by atoms with Crippen LogP contribution in [0.2, 0.25) is 0 Å². The molecule has 9 nitrogen and oxygen atoms in total. The molecule has 1 rings (SSSR count). The first kappa shape index (κ1) is 21.7. The summed E-state index contributed by atoms with van der Waals surface area (Å²) in [5.41, 5.74) is 25.6. The van der Waals surface area contributed by atoms with Gasteiger partial charge in [-0.1, -0.05) is 70.6 Å². The van der Waals surface area contributed by atoms with Gasteiger partial charge in [0, 0.05) is 13.1 Å². The highest BCUT2D eigenvalue weighted by Crippen LogP contribution is 2.12. The van der Waals surface area contributed by atoms with Crippen LogP contribution >= 0.6 is 0 Å². The highest BCUT2D eigenvalue weighted by atomic mass is 15.9. The van der Waals surface area contributed by atoms with Crippen molar-refractivity contribution in [2.75, 3.05) is 13.1 Å². The number of rotatable bonds is 0. The molecule has 0 aromatic carbocycles. The lowest BCUT2D eigenvalue weighted by molar-refractivity contribution is 0.242. The van der Waals surface area contributed by atoms with Crippen molar-refractivity contribution in [2.45, 2.75) is 83.5 Å². The second-order valence-electron chi connectivity index (χ2n) is 6.32. The van der Waals surface area contributed by atoms with Crippen molar-refractivity contribution in [1.29, 1.82) is 0 Å². The third kappa shape index (κ3) is 16.5.